The summed E-state index contributed by atoms with van der Waals surface area (Å²) >= 11 is 0. The van der Waals surface area contributed by atoms with Gasteiger partial charge in [-0.3, -0.25) is 16.0 Å². The minimum Gasteiger partial charge on any atom is -0.318 e. The summed E-state index contributed by atoms with van der Waals surface area (Å²) in [6.45, 7) is -1.77. The van der Waals surface area contributed by atoms with Gasteiger partial charge >= 0.3 is 11.9 Å². The first-order valence-corrected chi connectivity index (χ1v) is 6.72. The number of sulfonamides is 1. The van der Waals surface area contributed by atoms with E-state index in [9.17, 15) is 31.7 Å². The van der Waals surface area contributed by atoms with E-state index in [4.69, 9.17) is 5.84 Å². The van der Waals surface area contributed by atoms with Gasteiger partial charge in [-0.05, 0) is 12.1 Å². The number of para-hydroxylation sites is 1. The fraction of sp³-hybridized carbons (Fsp3) is 0.333. The Hall–Kier alpha value is -1.92. The molecule has 12 heteroatoms. The number of halogens is 3. The minimum atomic E-state index is -4.78. The second-order valence-electron chi connectivity index (χ2n) is 3.93. The van der Waals surface area contributed by atoms with Crippen LogP contribution in [0.5, 0.6) is 0 Å². The van der Waals surface area contributed by atoms with Crippen LogP contribution in [-0.4, -0.2) is 37.4 Å². The van der Waals surface area contributed by atoms with Crippen LogP contribution in [0.2, 0.25) is 0 Å². The van der Waals surface area contributed by atoms with Crippen molar-refractivity contribution in [1.29, 1.82) is 0 Å². The Balaban J connectivity index is 3.42. The van der Waals surface area contributed by atoms with E-state index < -0.39 is 38.3 Å². The summed E-state index contributed by atoms with van der Waals surface area (Å²) in [5.74, 6) is 5.04. The number of nitro groups is 1. The van der Waals surface area contributed by atoms with E-state index in [1.54, 1.807) is 0 Å². The standard InChI is InChI=1S/C9H11F3N4O4S/c1-15(5-9(10,11)12)21(19,20)7-4-2-3-6(14-13)8(7)16(17)18/h2-4,14H,5,13H2,1H3. The maximum atomic E-state index is 12.3. The quantitative estimate of drug-likeness (QED) is 0.474. The Morgan fingerprint density at radius 3 is 2.43 bits per heavy atom. The zero-order valence-corrected chi connectivity index (χ0v) is 11.4. The van der Waals surface area contributed by atoms with E-state index in [0.29, 0.717) is 7.05 Å². The van der Waals surface area contributed by atoms with Crippen LogP contribution in [0.15, 0.2) is 23.1 Å². The molecule has 1 aromatic carbocycles. The smallest absolute Gasteiger partial charge is 0.318 e. The first kappa shape index (κ1) is 17.1. The highest BCUT2D eigenvalue weighted by molar-refractivity contribution is 7.89. The summed E-state index contributed by atoms with van der Waals surface area (Å²) in [7, 11) is -4.03. The molecule has 0 atom stereocenters. The molecule has 0 aromatic heterocycles. The number of alkyl halides is 3. The first-order chi connectivity index (χ1) is 9.50. The lowest BCUT2D eigenvalue weighted by atomic mass is 10.3. The van der Waals surface area contributed by atoms with Crippen molar-refractivity contribution in [3.63, 3.8) is 0 Å². The molecule has 0 spiro atoms. The zero-order valence-electron chi connectivity index (χ0n) is 10.6. The third-order valence-corrected chi connectivity index (χ3v) is 4.26. The van der Waals surface area contributed by atoms with Crippen LogP contribution in [-0.2, 0) is 10.0 Å². The third-order valence-electron chi connectivity index (χ3n) is 2.43. The average molecular weight is 328 g/mol. The van der Waals surface area contributed by atoms with Crippen molar-refractivity contribution in [1.82, 2.24) is 4.31 Å². The van der Waals surface area contributed by atoms with Gasteiger partial charge in [-0.1, -0.05) is 6.07 Å². The van der Waals surface area contributed by atoms with Crippen molar-refractivity contribution < 1.29 is 26.5 Å². The predicted molar refractivity (Wildman–Crippen MR) is 66.8 cm³/mol. The molecule has 8 nitrogen and oxygen atoms in total. The van der Waals surface area contributed by atoms with Crippen LogP contribution < -0.4 is 11.3 Å². The van der Waals surface area contributed by atoms with Crippen LogP contribution in [0.1, 0.15) is 0 Å². The summed E-state index contributed by atoms with van der Waals surface area (Å²) in [4.78, 5) is 9.04. The lowest BCUT2D eigenvalue weighted by molar-refractivity contribution is -0.386. The van der Waals surface area contributed by atoms with E-state index in [1.807, 2.05) is 5.43 Å². The summed E-state index contributed by atoms with van der Waals surface area (Å²) in [6.07, 6.45) is -4.78. The number of nitrogens with zero attached hydrogens (tertiary/aromatic N) is 2. The summed E-state index contributed by atoms with van der Waals surface area (Å²) in [5, 5.41) is 11.0. The molecule has 1 aromatic rings. The zero-order chi connectivity index (χ0) is 16.4. The first-order valence-electron chi connectivity index (χ1n) is 5.28. The van der Waals surface area contributed by atoms with Gasteiger partial charge in [-0.25, -0.2) is 8.42 Å². The second-order valence-corrected chi connectivity index (χ2v) is 5.94. The SMILES string of the molecule is CN(CC(F)(F)F)S(=O)(=O)c1cccc(NN)c1[N+](=O)[O-]. The minimum absolute atomic E-state index is 0.0182. The lowest BCUT2D eigenvalue weighted by Crippen LogP contribution is -2.36. The van der Waals surface area contributed by atoms with Gasteiger partial charge in [0.25, 0.3) is 0 Å². The number of benzene rings is 1. The maximum absolute atomic E-state index is 12.3. The van der Waals surface area contributed by atoms with E-state index in [1.165, 1.54) is 0 Å². The van der Waals surface area contributed by atoms with Crippen LogP contribution in [0.3, 0.4) is 0 Å². The highest BCUT2D eigenvalue weighted by Crippen LogP contribution is 2.33. The Labute approximate surface area is 117 Å². The molecule has 0 heterocycles. The number of hydrogen-bond acceptors (Lipinski definition) is 6. The number of nitrogen functional groups attached to an aromatic ring is 1. The van der Waals surface area contributed by atoms with E-state index in [0.717, 1.165) is 18.2 Å². The van der Waals surface area contributed by atoms with Crippen LogP contribution >= 0.6 is 0 Å². The molecule has 0 unspecified atom stereocenters. The van der Waals surface area contributed by atoms with Crippen LogP contribution in [0, 0.1) is 10.1 Å². The Bertz CT molecular complexity index is 647. The molecule has 0 amide bonds. The molecule has 0 fully saturated rings. The highest BCUT2D eigenvalue weighted by Gasteiger charge is 2.38. The number of nitro benzene ring substituents is 1. The molecule has 21 heavy (non-hydrogen) atoms. The number of nitrogens with one attached hydrogen (secondary N) is 1. The summed E-state index contributed by atoms with van der Waals surface area (Å²) in [5.41, 5.74) is 0.676. The van der Waals surface area contributed by atoms with Crippen molar-refractivity contribution in [2.45, 2.75) is 11.1 Å². The average Bonchev–Trinajstić information content (AvgIpc) is 2.35. The molecule has 0 aliphatic carbocycles. The molecular weight excluding hydrogens is 317 g/mol. The third kappa shape index (κ3) is 3.80. The molecule has 0 aliphatic heterocycles. The number of rotatable bonds is 5. The monoisotopic (exact) mass is 328 g/mol. The van der Waals surface area contributed by atoms with Gasteiger partial charge in [0.15, 0.2) is 4.90 Å². The lowest BCUT2D eigenvalue weighted by Gasteiger charge is -2.19. The van der Waals surface area contributed by atoms with Crippen LogP contribution in [0.25, 0.3) is 0 Å². The fourth-order valence-corrected chi connectivity index (χ4v) is 2.87. The fourth-order valence-electron chi connectivity index (χ4n) is 1.54. The Morgan fingerprint density at radius 1 is 1.43 bits per heavy atom. The topological polar surface area (TPSA) is 119 Å². The molecule has 0 bridgehead atoms. The molecule has 118 valence electrons. The molecule has 0 radical (unpaired) electrons. The van der Waals surface area contributed by atoms with Crippen molar-refractivity contribution in [3.05, 3.63) is 28.3 Å². The Morgan fingerprint density at radius 2 is 2.00 bits per heavy atom. The van der Waals surface area contributed by atoms with E-state index in [-0.39, 0.29) is 9.99 Å². The molecule has 0 saturated carbocycles. The second kappa shape index (κ2) is 5.83. The number of anilines is 1. The summed E-state index contributed by atoms with van der Waals surface area (Å²) in [6, 6.07) is 3.08. The number of hydrogen-bond donors (Lipinski definition) is 2. The van der Waals surface area contributed by atoms with Crippen molar-refractivity contribution in [2.75, 3.05) is 19.0 Å². The molecule has 3 N–H and O–H groups in total. The van der Waals surface area contributed by atoms with Gasteiger partial charge in [-0.2, -0.15) is 17.5 Å². The normalized spacial score (nSPS) is 12.5. The number of nitrogens with two attached hydrogens (primary N) is 1. The van der Waals surface area contributed by atoms with Crippen LogP contribution in [0.4, 0.5) is 24.5 Å². The van der Waals surface area contributed by atoms with Gasteiger partial charge in [0.1, 0.15) is 12.2 Å². The van der Waals surface area contributed by atoms with E-state index in [2.05, 4.69) is 0 Å². The van der Waals surface area contributed by atoms with Gasteiger partial charge < -0.3 is 5.43 Å². The predicted octanol–water partition coefficient (Wildman–Crippen LogP) is 1.06. The van der Waals surface area contributed by atoms with Gasteiger partial charge in [0.2, 0.25) is 10.0 Å². The van der Waals surface area contributed by atoms with Gasteiger partial charge in [0.05, 0.1) is 4.92 Å². The van der Waals surface area contributed by atoms with Crippen molar-refractivity contribution >= 4 is 21.4 Å². The maximum Gasteiger partial charge on any atom is 0.402 e. The Kier molecular flexibility index (Phi) is 4.76. The summed E-state index contributed by atoms with van der Waals surface area (Å²) < 4.78 is 60.9. The van der Waals surface area contributed by atoms with E-state index >= 15 is 0 Å². The highest BCUT2D eigenvalue weighted by atomic mass is 32.2. The largest absolute Gasteiger partial charge is 0.402 e. The molecule has 0 saturated heterocycles. The molecule has 1 rings (SSSR count). The van der Waals surface area contributed by atoms with Gasteiger partial charge in [-0.15, -0.1) is 0 Å². The van der Waals surface area contributed by atoms with Gasteiger partial charge in [0, 0.05) is 7.05 Å². The molecular formula is C9H11F3N4O4S. The van der Waals surface area contributed by atoms with Crippen molar-refractivity contribution in [3.8, 4) is 0 Å². The number of hydrazine groups is 1. The van der Waals surface area contributed by atoms with Crippen molar-refractivity contribution in [2.24, 2.45) is 5.84 Å². The molecule has 0 aliphatic rings.